The molecule has 1 unspecified atom stereocenters. The molecule has 0 aromatic carbocycles. The molecule has 0 aromatic rings. The maximum atomic E-state index is 11.5. The van der Waals surface area contributed by atoms with Crippen LogP contribution in [0.15, 0.2) is 0 Å². The number of esters is 1. The van der Waals surface area contributed by atoms with E-state index in [0.717, 1.165) is 19.3 Å². The normalized spacial score (nSPS) is 13.0. The van der Waals surface area contributed by atoms with Crippen LogP contribution in [0.3, 0.4) is 0 Å². The van der Waals surface area contributed by atoms with Gasteiger partial charge in [0, 0.05) is 0 Å². The van der Waals surface area contributed by atoms with E-state index in [4.69, 9.17) is 10.5 Å². The molecule has 0 spiro atoms. The monoisotopic (exact) mass is 187 g/mol. The van der Waals surface area contributed by atoms with Crippen molar-refractivity contribution in [2.45, 2.75) is 46.1 Å². The summed E-state index contributed by atoms with van der Waals surface area (Å²) in [7, 11) is 0. The molecule has 78 valence electrons. The molecule has 3 nitrogen and oxygen atoms in total. The van der Waals surface area contributed by atoms with Crippen LogP contribution in [-0.2, 0) is 9.53 Å². The average Bonchev–Trinajstić information content (AvgIpc) is 2.02. The maximum Gasteiger partial charge on any atom is 0.309 e. The molecule has 1 atom stereocenters. The van der Waals surface area contributed by atoms with E-state index in [9.17, 15) is 4.79 Å². The number of carbonyl (C=O) groups excluding carboxylic acids is 1. The SMILES string of the molecule is CCCC(CCN)C(=O)OC(C)C. The molecule has 0 amide bonds. The Morgan fingerprint density at radius 1 is 1.38 bits per heavy atom. The van der Waals surface area contributed by atoms with Gasteiger partial charge in [-0.1, -0.05) is 13.3 Å². The van der Waals surface area contributed by atoms with Gasteiger partial charge in [-0.05, 0) is 33.2 Å². The Morgan fingerprint density at radius 2 is 2.00 bits per heavy atom. The quantitative estimate of drug-likeness (QED) is 0.644. The Bertz CT molecular complexity index is 140. The molecule has 13 heavy (non-hydrogen) atoms. The van der Waals surface area contributed by atoms with E-state index in [2.05, 4.69) is 6.92 Å². The molecule has 0 rings (SSSR count). The van der Waals surface area contributed by atoms with Crippen LogP contribution in [0.4, 0.5) is 0 Å². The molecular formula is C10H21NO2. The Balaban J connectivity index is 3.95. The first-order chi connectivity index (χ1) is 6.11. The molecular weight excluding hydrogens is 166 g/mol. The van der Waals surface area contributed by atoms with E-state index in [1.165, 1.54) is 0 Å². The van der Waals surface area contributed by atoms with E-state index in [0.29, 0.717) is 6.54 Å². The smallest absolute Gasteiger partial charge is 0.309 e. The molecule has 0 saturated carbocycles. The van der Waals surface area contributed by atoms with Crippen molar-refractivity contribution in [2.24, 2.45) is 11.7 Å². The minimum atomic E-state index is -0.0951. The summed E-state index contributed by atoms with van der Waals surface area (Å²) in [6.45, 7) is 6.34. The maximum absolute atomic E-state index is 11.5. The van der Waals surface area contributed by atoms with Crippen molar-refractivity contribution in [1.82, 2.24) is 0 Å². The molecule has 0 heterocycles. The fraction of sp³-hybridized carbons (Fsp3) is 0.900. The lowest BCUT2D eigenvalue weighted by Gasteiger charge is -2.16. The molecule has 0 bridgehead atoms. The minimum Gasteiger partial charge on any atom is -0.463 e. The highest BCUT2D eigenvalue weighted by atomic mass is 16.5. The molecule has 0 radical (unpaired) electrons. The number of hydrogen-bond donors (Lipinski definition) is 1. The van der Waals surface area contributed by atoms with Gasteiger partial charge in [0.15, 0.2) is 0 Å². The van der Waals surface area contributed by atoms with Crippen molar-refractivity contribution in [3.05, 3.63) is 0 Å². The van der Waals surface area contributed by atoms with E-state index < -0.39 is 0 Å². The second kappa shape index (κ2) is 6.89. The van der Waals surface area contributed by atoms with Gasteiger partial charge in [-0.2, -0.15) is 0 Å². The largest absolute Gasteiger partial charge is 0.463 e. The summed E-state index contributed by atoms with van der Waals surface area (Å²) >= 11 is 0. The Kier molecular flexibility index (Phi) is 6.59. The van der Waals surface area contributed by atoms with Gasteiger partial charge < -0.3 is 10.5 Å². The molecule has 0 aromatic heterocycles. The lowest BCUT2D eigenvalue weighted by Crippen LogP contribution is -2.23. The fourth-order valence-electron chi connectivity index (χ4n) is 1.26. The summed E-state index contributed by atoms with van der Waals surface area (Å²) in [4.78, 5) is 11.5. The highest BCUT2D eigenvalue weighted by Crippen LogP contribution is 2.13. The van der Waals surface area contributed by atoms with Crippen LogP contribution in [0, 0.1) is 5.92 Å². The van der Waals surface area contributed by atoms with Gasteiger partial charge in [-0.25, -0.2) is 0 Å². The third-order valence-electron chi connectivity index (χ3n) is 1.84. The lowest BCUT2D eigenvalue weighted by molar-refractivity contribution is -0.152. The summed E-state index contributed by atoms with van der Waals surface area (Å²) in [5.41, 5.74) is 5.42. The summed E-state index contributed by atoms with van der Waals surface area (Å²) in [5, 5.41) is 0. The molecule has 2 N–H and O–H groups in total. The summed E-state index contributed by atoms with van der Waals surface area (Å²) in [6, 6.07) is 0. The number of nitrogens with two attached hydrogens (primary N) is 1. The Labute approximate surface area is 80.6 Å². The van der Waals surface area contributed by atoms with Gasteiger partial charge in [-0.15, -0.1) is 0 Å². The zero-order chi connectivity index (χ0) is 10.3. The zero-order valence-corrected chi connectivity index (χ0v) is 8.88. The third kappa shape index (κ3) is 5.64. The number of carbonyl (C=O) groups is 1. The highest BCUT2D eigenvalue weighted by molar-refractivity contribution is 5.72. The van der Waals surface area contributed by atoms with Crippen molar-refractivity contribution in [3.8, 4) is 0 Å². The first-order valence-electron chi connectivity index (χ1n) is 5.02. The van der Waals surface area contributed by atoms with Crippen LogP contribution in [0.25, 0.3) is 0 Å². The summed E-state index contributed by atoms with van der Waals surface area (Å²) < 4.78 is 5.12. The van der Waals surface area contributed by atoms with Crippen LogP contribution >= 0.6 is 0 Å². The molecule has 0 fully saturated rings. The van der Waals surface area contributed by atoms with Gasteiger partial charge in [-0.3, -0.25) is 4.79 Å². The molecule has 0 aliphatic carbocycles. The number of hydrogen-bond acceptors (Lipinski definition) is 3. The van der Waals surface area contributed by atoms with Gasteiger partial charge in [0.05, 0.1) is 12.0 Å². The Morgan fingerprint density at radius 3 is 2.38 bits per heavy atom. The van der Waals surface area contributed by atoms with Crippen molar-refractivity contribution < 1.29 is 9.53 Å². The first-order valence-corrected chi connectivity index (χ1v) is 5.02. The third-order valence-corrected chi connectivity index (χ3v) is 1.84. The molecule has 0 saturated heterocycles. The van der Waals surface area contributed by atoms with Crippen molar-refractivity contribution in [3.63, 3.8) is 0 Å². The molecule has 3 heteroatoms. The fourth-order valence-corrected chi connectivity index (χ4v) is 1.26. The summed E-state index contributed by atoms with van der Waals surface area (Å²) in [5.74, 6) is -0.0975. The van der Waals surface area contributed by atoms with E-state index in [1.807, 2.05) is 13.8 Å². The van der Waals surface area contributed by atoms with Gasteiger partial charge in [0.1, 0.15) is 0 Å². The van der Waals surface area contributed by atoms with Gasteiger partial charge >= 0.3 is 5.97 Å². The van der Waals surface area contributed by atoms with E-state index >= 15 is 0 Å². The predicted octanol–water partition coefficient (Wildman–Crippen LogP) is 1.70. The molecule has 0 aliphatic heterocycles. The van der Waals surface area contributed by atoms with Crippen LogP contribution in [-0.4, -0.2) is 18.6 Å². The van der Waals surface area contributed by atoms with Crippen LogP contribution in [0.2, 0.25) is 0 Å². The van der Waals surface area contributed by atoms with Crippen molar-refractivity contribution in [1.29, 1.82) is 0 Å². The van der Waals surface area contributed by atoms with Crippen molar-refractivity contribution in [2.75, 3.05) is 6.54 Å². The van der Waals surface area contributed by atoms with Gasteiger partial charge in [0.2, 0.25) is 0 Å². The number of ether oxygens (including phenoxy) is 1. The van der Waals surface area contributed by atoms with Crippen LogP contribution < -0.4 is 5.73 Å². The van der Waals surface area contributed by atoms with E-state index in [-0.39, 0.29) is 18.0 Å². The van der Waals surface area contributed by atoms with Crippen LogP contribution in [0.1, 0.15) is 40.0 Å². The zero-order valence-electron chi connectivity index (χ0n) is 8.88. The average molecular weight is 187 g/mol. The summed E-state index contributed by atoms with van der Waals surface area (Å²) in [6.07, 6.45) is 2.59. The first kappa shape index (κ1) is 12.4. The topological polar surface area (TPSA) is 52.3 Å². The second-order valence-electron chi connectivity index (χ2n) is 3.55. The van der Waals surface area contributed by atoms with Gasteiger partial charge in [0.25, 0.3) is 0 Å². The standard InChI is InChI=1S/C10H21NO2/c1-4-5-9(6-7-11)10(12)13-8(2)3/h8-9H,4-7,11H2,1-3H3. The van der Waals surface area contributed by atoms with E-state index in [1.54, 1.807) is 0 Å². The molecule has 0 aliphatic rings. The van der Waals surface area contributed by atoms with Crippen molar-refractivity contribution >= 4 is 5.97 Å². The lowest BCUT2D eigenvalue weighted by atomic mass is 10.0. The van der Waals surface area contributed by atoms with Crippen LogP contribution in [0.5, 0.6) is 0 Å². The number of rotatable bonds is 6. The predicted molar refractivity (Wildman–Crippen MR) is 53.3 cm³/mol. The Hall–Kier alpha value is -0.570. The highest BCUT2D eigenvalue weighted by Gasteiger charge is 2.18. The second-order valence-corrected chi connectivity index (χ2v) is 3.55. The minimum absolute atomic E-state index is 0.00241.